The molecule has 15 heavy (non-hydrogen) atoms. The van der Waals surface area contributed by atoms with Gasteiger partial charge in [-0.25, -0.2) is 0 Å². The molecule has 2 aromatic rings. The van der Waals surface area contributed by atoms with E-state index in [9.17, 15) is 0 Å². The zero-order chi connectivity index (χ0) is 10.8. The third-order valence-corrected chi connectivity index (χ3v) is 3.04. The Kier molecular flexibility index (Phi) is 3.02. The van der Waals surface area contributed by atoms with Gasteiger partial charge < -0.3 is 4.74 Å². The van der Waals surface area contributed by atoms with Gasteiger partial charge in [-0.3, -0.25) is 0 Å². The van der Waals surface area contributed by atoms with Crippen LogP contribution in [-0.4, -0.2) is 9.36 Å². The Morgan fingerprint density at radius 1 is 1.33 bits per heavy atom. The number of benzene rings is 1. The average Bonchev–Trinajstić information content (AvgIpc) is 2.58. The molecule has 0 unspecified atom stereocenters. The molecule has 0 atom stereocenters. The number of hydrogen-bond donors (Lipinski definition) is 0. The molecule has 0 amide bonds. The lowest BCUT2D eigenvalue weighted by Crippen LogP contribution is -1.87. The predicted molar refractivity (Wildman–Crippen MR) is 63.6 cm³/mol. The summed E-state index contributed by atoms with van der Waals surface area (Å²) in [6.07, 6.45) is 0. The van der Waals surface area contributed by atoms with Crippen LogP contribution in [0, 0.1) is 13.8 Å². The number of rotatable bonds is 2. The third kappa shape index (κ3) is 2.54. The van der Waals surface area contributed by atoms with E-state index >= 15 is 0 Å². The molecule has 0 saturated heterocycles. The zero-order valence-electron chi connectivity index (χ0n) is 8.32. The van der Waals surface area contributed by atoms with Crippen LogP contribution in [0.2, 0.25) is 0 Å². The Hall–Kier alpha value is -0.940. The van der Waals surface area contributed by atoms with E-state index in [1.54, 1.807) is 0 Å². The molecule has 0 N–H and O–H groups in total. The van der Waals surface area contributed by atoms with Gasteiger partial charge in [0.1, 0.15) is 11.6 Å². The van der Waals surface area contributed by atoms with E-state index in [-0.39, 0.29) is 0 Å². The highest BCUT2D eigenvalue weighted by molar-refractivity contribution is 9.10. The predicted octanol–water partition coefficient (Wildman–Crippen LogP) is 3.71. The van der Waals surface area contributed by atoms with E-state index in [4.69, 9.17) is 4.74 Å². The van der Waals surface area contributed by atoms with Crippen LogP contribution < -0.4 is 4.74 Å². The zero-order valence-corrected chi connectivity index (χ0v) is 10.7. The van der Waals surface area contributed by atoms with Gasteiger partial charge in [0.25, 0.3) is 5.19 Å². The van der Waals surface area contributed by atoms with Gasteiger partial charge in [-0.05, 0) is 31.5 Å². The number of halogens is 1. The summed E-state index contributed by atoms with van der Waals surface area (Å²) >= 11 is 4.66. The van der Waals surface area contributed by atoms with Gasteiger partial charge in [0.05, 0.1) is 0 Å². The van der Waals surface area contributed by atoms with Crippen LogP contribution in [-0.2, 0) is 0 Å². The molecule has 1 aromatic carbocycles. The number of ether oxygens (including phenoxy) is 1. The van der Waals surface area contributed by atoms with Crippen LogP contribution in [0.3, 0.4) is 0 Å². The fraction of sp³-hybridized carbons (Fsp3) is 0.200. The molecule has 0 radical (unpaired) electrons. The Labute approximate surface area is 100 Å². The lowest BCUT2D eigenvalue weighted by molar-refractivity contribution is 0.474. The highest BCUT2D eigenvalue weighted by atomic mass is 79.9. The summed E-state index contributed by atoms with van der Waals surface area (Å²) in [7, 11) is 0. The molecular weight excluding hydrogens is 276 g/mol. The van der Waals surface area contributed by atoms with Gasteiger partial charge in [0.15, 0.2) is 0 Å². The normalized spacial score (nSPS) is 10.3. The lowest BCUT2D eigenvalue weighted by Gasteiger charge is -2.04. The lowest BCUT2D eigenvalue weighted by atomic mass is 10.2. The first kappa shape index (κ1) is 10.6. The van der Waals surface area contributed by atoms with Crippen LogP contribution in [0.25, 0.3) is 0 Å². The number of aromatic nitrogens is 2. The second-order valence-electron chi connectivity index (χ2n) is 3.12. The van der Waals surface area contributed by atoms with E-state index in [1.807, 2.05) is 32.0 Å². The molecule has 0 aliphatic rings. The van der Waals surface area contributed by atoms with Crippen molar-refractivity contribution in [3.63, 3.8) is 0 Å². The maximum atomic E-state index is 5.63. The molecule has 78 valence electrons. The summed E-state index contributed by atoms with van der Waals surface area (Å²) in [6, 6.07) is 5.90. The Morgan fingerprint density at radius 2 is 2.13 bits per heavy atom. The van der Waals surface area contributed by atoms with Crippen molar-refractivity contribution in [3.8, 4) is 10.9 Å². The van der Waals surface area contributed by atoms with Crippen molar-refractivity contribution >= 4 is 27.5 Å². The van der Waals surface area contributed by atoms with Crippen LogP contribution in [0.1, 0.15) is 11.4 Å². The molecular formula is C10H9BrN2OS. The molecule has 3 nitrogen and oxygen atoms in total. The minimum atomic E-state index is 0.578. The molecule has 5 heteroatoms. The highest BCUT2D eigenvalue weighted by Gasteiger charge is 2.05. The standard InChI is InChI=1S/C10H9BrN2OS/c1-6-3-4-8(11)5-9(6)14-10-12-7(2)13-15-10/h3-5H,1-2H3. The largest absolute Gasteiger partial charge is 0.430 e. The SMILES string of the molecule is Cc1nsc(Oc2cc(Br)ccc2C)n1. The average molecular weight is 285 g/mol. The van der Waals surface area contributed by atoms with Crippen molar-refractivity contribution in [2.45, 2.75) is 13.8 Å². The number of nitrogens with zero attached hydrogens (tertiary/aromatic N) is 2. The second kappa shape index (κ2) is 4.28. The molecule has 0 saturated carbocycles. The molecule has 0 aliphatic carbocycles. The van der Waals surface area contributed by atoms with Crippen LogP contribution in [0.15, 0.2) is 22.7 Å². The van der Waals surface area contributed by atoms with Crippen molar-refractivity contribution in [3.05, 3.63) is 34.1 Å². The number of aryl methyl sites for hydroxylation is 2. The highest BCUT2D eigenvalue weighted by Crippen LogP contribution is 2.28. The summed E-state index contributed by atoms with van der Waals surface area (Å²) in [6.45, 7) is 3.84. The first-order valence-corrected chi connectivity index (χ1v) is 5.96. The summed E-state index contributed by atoms with van der Waals surface area (Å²) in [4.78, 5) is 4.15. The smallest absolute Gasteiger partial charge is 0.298 e. The van der Waals surface area contributed by atoms with E-state index in [0.29, 0.717) is 5.19 Å². The Balaban J connectivity index is 2.27. The van der Waals surface area contributed by atoms with Crippen molar-refractivity contribution < 1.29 is 4.74 Å². The molecule has 1 heterocycles. The summed E-state index contributed by atoms with van der Waals surface area (Å²) in [5, 5.41) is 0.578. The van der Waals surface area contributed by atoms with E-state index in [1.165, 1.54) is 11.5 Å². The molecule has 0 aliphatic heterocycles. The van der Waals surface area contributed by atoms with Crippen molar-refractivity contribution in [1.29, 1.82) is 0 Å². The summed E-state index contributed by atoms with van der Waals surface area (Å²) < 4.78 is 10.7. The quantitative estimate of drug-likeness (QED) is 0.843. The van der Waals surface area contributed by atoms with Crippen LogP contribution >= 0.6 is 27.5 Å². The number of hydrogen-bond acceptors (Lipinski definition) is 4. The molecule has 0 fully saturated rings. The maximum Gasteiger partial charge on any atom is 0.298 e. The Morgan fingerprint density at radius 3 is 2.80 bits per heavy atom. The van der Waals surface area contributed by atoms with Crippen LogP contribution in [0.4, 0.5) is 0 Å². The summed E-state index contributed by atoms with van der Waals surface area (Å²) in [5.41, 5.74) is 1.08. The molecule has 0 spiro atoms. The van der Waals surface area contributed by atoms with E-state index in [0.717, 1.165) is 21.6 Å². The van der Waals surface area contributed by atoms with Crippen molar-refractivity contribution in [2.75, 3.05) is 0 Å². The van der Waals surface area contributed by atoms with Crippen molar-refractivity contribution in [2.24, 2.45) is 0 Å². The first-order chi connectivity index (χ1) is 7.15. The molecule has 0 bridgehead atoms. The topological polar surface area (TPSA) is 35.0 Å². The fourth-order valence-corrected chi connectivity index (χ4v) is 1.99. The van der Waals surface area contributed by atoms with Gasteiger partial charge in [0.2, 0.25) is 0 Å². The third-order valence-electron chi connectivity index (χ3n) is 1.86. The summed E-state index contributed by atoms with van der Waals surface area (Å²) in [5.74, 6) is 1.54. The van der Waals surface area contributed by atoms with Gasteiger partial charge >= 0.3 is 0 Å². The van der Waals surface area contributed by atoms with Gasteiger partial charge in [-0.2, -0.15) is 9.36 Å². The van der Waals surface area contributed by atoms with E-state index in [2.05, 4.69) is 25.3 Å². The second-order valence-corrected chi connectivity index (χ2v) is 4.75. The fourth-order valence-electron chi connectivity index (χ4n) is 1.10. The monoisotopic (exact) mass is 284 g/mol. The first-order valence-electron chi connectivity index (χ1n) is 4.39. The molecule has 1 aromatic heterocycles. The minimum absolute atomic E-state index is 0.578. The van der Waals surface area contributed by atoms with Crippen LogP contribution in [0.5, 0.6) is 10.9 Å². The molecule has 2 rings (SSSR count). The van der Waals surface area contributed by atoms with Gasteiger partial charge in [-0.1, -0.05) is 22.0 Å². The Bertz CT molecular complexity index is 484. The minimum Gasteiger partial charge on any atom is -0.430 e. The van der Waals surface area contributed by atoms with E-state index < -0.39 is 0 Å². The van der Waals surface area contributed by atoms with Gasteiger partial charge in [0, 0.05) is 16.0 Å². The maximum absolute atomic E-state index is 5.63. The van der Waals surface area contributed by atoms with Crippen molar-refractivity contribution in [1.82, 2.24) is 9.36 Å². The van der Waals surface area contributed by atoms with Gasteiger partial charge in [-0.15, -0.1) is 0 Å².